The van der Waals surface area contributed by atoms with Gasteiger partial charge in [-0.05, 0) is 41.7 Å². The van der Waals surface area contributed by atoms with Crippen LogP contribution in [0.1, 0.15) is 42.2 Å². The van der Waals surface area contributed by atoms with Crippen molar-refractivity contribution in [3.63, 3.8) is 0 Å². The molecule has 1 heterocycles. The minimum absolute atomic E-state index is 1.00. The second-order valence-electron chi connectivity index (χ2n) is 4.92. The normalized spacial score (nSPS) is 13.5. The number of rotatable bonds is 4. The lowest BCUT2D eigenvalue weighted by molar-refractivity contribution is 0.547. The van der Waals surface area contributed by atoms with Gasteiger partial charge in [0.05, 0.1) is 6.26 Å². The van der Waals surface area contributed by atoms with E-state index in [9.17, 15) is 0 Å². The van der Waals surface area contributed by atoms with Gasteiger partial charge in [-0.25, -0.2) is 0 Å². The highest BCUT2D eigenvalue weighted by Crippen LogP contribution is 2.33. The summed E-state index contributed by atoms with van der Waals surface area (Å²) in [5.41, 5.74) is 5.43. The summed E-state index contributed by atoms with van der Waals surface area (Å²) in [5, 5.41) is 0. The molecule has 0 unspecified atom stereocenters. The first-order chi connectivity index (χ1) is 8.88. The van der Waals surface area contributed by atoms with Crippen molar-refractivity contribution in [1.82, 2.24) is 0 Å². The van der Waals surface area contributed by atoms with Crippen molar-refractivity contribution in [2.75, 3.05) is 0 Å². The van der Waals surface area contributed by atoms with E-state index in [1.807, 2.05) is 6.26 Å². The van der Waals surface area contributed by atoms with Gasteiger partial charge in [-0.1, -0.05) is 37.6 Å². The molecule has 0 saturated heterocycles. The first-order valence-electron chi connectivity index (χ1n) is 6.73. The second kappa shape index (κ2) is 4.85. The van der Waals surface area contributed by atoms with Gasteiger partial charge in [-0.3, -0.25) is 0 Å². The third-order valence-electron chi connectivity index (χ3n) is 3.60. The van der Waals surface area contributed by atoms with Crippen LogP contribution in [0.5, 0.6) is 0 Å². The Morgan fingerprint density at radius 2 is 2.06 bits per heavy atom. The van der Waals surface area contributed by atoms with Crippen molar-refractivity contribution in [1.29, 1.82) is 0 Å². The van der Waals surface area contributed by atoms with Crippen molar-refractivity contribution < 1.29 is 4.42 Å². The van der Waals surface area contributed by atoms with E-state index in [2.05, 4.69) is 43.3 Å². The molecular weight excluding hydrogens is 220 g/mol. The molecule has 0 fully saturated rings. The summed E-state index contributed by atoms with van der Waals surface area (Å²) in [7, 11) is 0. The van der Waals surface area contributed by atoms with E-state index in [1.165, 1.54) is 35.1 Å². The number of allylic oxidation sites excluding steroid dienone is 1. The number of hydrogen-bond donors (Lipinski definition) is 0. The number of fused-ring (bicyclic) bond motifs is 1. The number of aryl methyl sites for hydroxylation is 1. The number of benzene rings is 1. The smallest absolute Gasteiger partial charge is 0.133 e. The molecular formula is C17H18O. The second-order valence-corrected chi connectivity index (χ2v) is 4.92. The fourth-order valence-electron chi connectivity index (χ4n) is 2.61. The number of furan rings is 1. The summed E-state index contributed by atoms with van der Waals surface area (Å²) in [6.07, 6.45) is 8.67. The fraction of sp³-hybridized carbons (Fsp3) is 0.294. The van der Waals surface area contributed by atoms with Gasteiger partial charge < -0.3 is 4.42 Å². The van der Waals surface area contributed by atoms with Crippen LogP contribution in [0.3, 0.4) is 0 Å². The molecule has 1 aliphatic rings. The van der Waals surface area contributed by atoms with Crippen LogP contribution in [-0.2, 0) is 12.8 Å². The van der Waals surface area contributed by atoms with Crippen molar-refractivity contribution in [2.24, 2.45) is 0 Å². The Balaban J connectivity index is 1.88. The molecule has 18 heavy (non-hydrogen) atoms. The molecule has 0 bridgehead atoms. The van der Waals surface area contributed by atoms with Crippen LogP contribution in [0, 0.1) is 0 Å². The van der Waals surface area contributed by atoms with Gasteiger partial charge in [-0.2, -0.15) is 0 Å². The van der Waals surface area contributed by atoms with E-state index in [0.29, 0.717) is 0 Å². The Hall–Kier alpha value is -1.76. The maximum absolute atomic E-state index is 5.71. The summed E-state index contributed by atoms with van der Waals surface area (Å²) in [4.78, 5) is 0. The molecule has 0 spiro atoms. The highest BCUT2D eigenvalue weighted by molar-refractivity contribution is 5.87. The van der Waals surface area contributed by atoms with Gasteiger partial charge in [0.25, 0.3) is 0 Å². The predicted octanol–water partition coefficient (Wildman–Crippen LogP) is 4.72. The van der Waals surface area contributed by atoms with Crippen molar-refractivity contribution >= 4 is 11.6 Å². The Morgan fingerprint density at radius 3 is 2.89 bits per heavy atom. The molecule has 1 heteroatoms. The van der Waals surface area contributed by atoms with Crippen LogP contribution in [0.4, 0.5) is 0 Å². The molecule has 2 aromatic rings. The van der Waals surface area contributed by atoms with Crippen LogP contribution in [0.15, 0.2) is 41.0 Å². The van der Waals surface area contributed by atoms with Crippen LogP contribution in [-0.4, -0.2) is 0 Å². The molecule has 0 atom stereocenters. The summed E-state index contributed by atoms with van der Waals surface area (Å²) in [5.74, 6) is 1.10. The SMILES string of the molecule is CCCCc1ccoc1C1=Cc2ccccc2C1. The third-order valence-corrected chi connectivity index (χ3v) is 3.60. The van der Waals surface area contributed by atoms with Gasteiger partial charge in [-0.15, -0.1) is 0 Å². The lowest BCUT2D eigenvalue weighted by Gasteiger charge is -2.02. The molecule has 1 aliphatic carbocycles. The molecule has 1 aromatic carbocycles. The fourth-order valence-corrected chi connectivity index (χ4v) is 2.61. The minimum Gasteiger partial charge on any atom is -0.464 e. The molecule has 3 rings (SSSR count). The number of unbranched alkanes of at least 4 members (excludes halogenated alkanes) is 1. The lowest BCUT2D eigenvalue weighted by Crippen LogP contribution is -1.90. The van der Waals surface area contributed by atoms with E-state index < -0.39 is 0 Å². The average molecular weight is 238 g/mol. The van der Waals surface area contributed by atoms with Crippen molar-refractivity contribution in [3.8, 4) is 0 Å². The first kappa shape index (κ1) is 11.3. The Bertz CT molecular complexity index is 575. The zero-order valence-corrected chi connectivity index (χ0v) is 10.8. The predicted molar refractivity (Wildman–Crippen MR) is 75.3 cm³/mol. The summed E-state index contributed by atoms with van der Waals surface area (Å²) < 4.78 is 5.71. The molecule has 1 nitrogen and oxygen atoms in total. The lowest BCUT2D eigenvalue weighted by atomic mass is 10.0. The molecule has 92 valence electrons. The van der Waals surface area contributed by atoms with Crippen LogP contribution < -0.4 is 0 Å². The van der Waals surface area contributed by atoms with E-state index >= 15 is 0 Å². The topological polar surface area (TPSA) is 13.1 Å². The van der Waals surface area contributed by atoms with E-state index in [0.717, 1.165) is 18.6 Å². The van der Waals surface area contributed by atoms with E-state index in [-0.39, 0.29) is 0 Å². The van der Waals surface area contributed by atoms with Crippen LogP contribution >= 0.6 is 0 Å². The molecule has 0 aliphatic heterocycles. The van der Waals surface area contributed by atoms with E-state index in [4.69, 9.17) is 4.42 Å². The van der Waals surface area contributed by atoms with E-state index in [1.54, 1.807) is 0 Å². The zero-order valence-electron chi connectivity index (χ0n) is 10.8. The van der Waals surface area contributed by atoms with Crippen LogP contribution in [0.2, 0.25) is 0 Å². The zero-order chi connectivity index (χ0) is 12.4. The maximum Gasteiger partial charge on any atom is 0.133 e. The monoisotopic (exact) mass is 238 g/mol. The Kier molecular flexibility index (Phi) is 3.06. The summed E-state index contributed by atoms with van der Waals surface area (Å²) in [6, 6.07) is 10.7. The van der Waals surface area contributed by atoms with Gasteiger partial charge in [0.1, 0.15) is 5.76 Å². The minimum atomic E-state index is 1.00. The quantitative estimate of drug-likeness (QED) is 0.751. The Labute approximate surface area is 108 Å². The molecule has 0 saturated carbocycles. The van der Waals surface area contributed by atoms with Gasteiger partial charge in [0.15, 0.2) is 0 Å². The van der Waals surface area contributed by atoms with Crippen molar-refractivity contribution in [2.45, 2.75) is 32.6 Å². The van der Waals surface area contributed by atoms with Crippen LogP contribution in [0.25, 0.3) is 11.6 Å². The van der Waals surface area contributed by atoms with Gasteiger partial charge in [0.2, 0.25) is 0 Å². The summed E-state index contributed by atoms with van der Waals surface area (Å²) >= 11 is 0. The molecule has 0 amide bonds. The average Bonchev–Trinajstić information content (AvgIpc) is 3.01. The summed E-state index contributed by atoms with van der Waals surface area (Å²) in [6.45, 7) is 2.23. The third kappa shape index (κ3) is 2.01. The molecule has 0 N–H and O–H groups in total. The van der Waals surface area contributed by atoms with Gasteiger partial charge in [0, 0.05) is 12.0 Å². The highest BCUT2D eigenvalue weighted by Gasteiger charge is 2.18. The molecule has 0 radical (unpaired) electrons. The maximum atomic E-state index is 5.71. The largest absolute Gasteiger partial charge is 0.464 e. The first-order valence-corrected chi connectivity index (χ1v) is 6.73. The Morgan fingerprint density at radius 1 is 1.17 bits per heavy atom. The number of hydrogen-bond acceptors (Lipinski definition) is 1. The highest BCUT2D eigenvalue weighted by atomic mass is 16.3. The van der Waals surface area contributed by atoms with Crippen molar-refractivity contribution in [3.05, 3.63) is 59.0 Å². The standard InChI is InChI=1S/C17H18O/c1-2-3-6-13-9-10-18-17(13)16-11-14-7-4-5-8-15(14)12-16/h4-5,7-11H,2-3,6,12H2,1H3. The molecule has 1 aromatic heterocycles. The van der Waals surface area contributed by atoms with Gasteiger partial charge >= 0.3 is 0 Å².